The third-order valence-electron chi connectivity index (χ3n) is 3.92. The summed E-state index contributed by atoms with van der Waals surface area (Å²) in [4.78, 5) is 13.6. The van der Waals surface area contributed by atoms with Crippen molar-refractivity contribution in [3.63, 3.8) is 0 Å². The van der Waals surface area contributed by atoms with Gasteiger partial charge in [0.25, 0.3) is 0 Å². The fraction of sp³-hybridized carbons (Fsp3) is 0.278. The van der Waals surface area contributed by atoms with Crippen molar-refractivity contribution in [3.8, 4) is 5.75 Å². The lowest BCUT2D eigenvalue weighted by molar-refractivity contribution is 0.101. The highest BCUT2D eigenvalue weighted by Crippen LogP contribution is 2.36. The van der Waals surface area contributed by atoms with Gasteiger partial charge in [0, 0.05) is 22.7 Å². The van der Waals surface area contributed by atoms with Crippen molar-refractivity contribution in [1.29, 1.82) is 0 Å². The Hall–Kier alpha value is -2.07. The molecular formula is C18H17ClFNO2. The van der Waals surface area contributed by atoms with E-state index in [0.29, 0.717) is 35.0 Å². The molecule has 1 aliphatic heterocycles. The number of fused-ring (bicyclic) bond motifs is 1. The zero-order valence-corrected chi connectivity index (χ0v) is 13.7. The summed E-state index contributed by atoms with van der Waals surface area (Å²) in [6.45, 7) is 4.40. The van der Waals surface area contributed by atoms with Crippen LogP contribution in [0.5, 0.6) is 5.75 Å². The number of ether oxygens (including phenoxy) is 1. The van der Waals surface area contributed by atoms with Crippen molar-refractivity contribution >= 4 is 23.1 Å². The standard InChI is InChI=1S/C18H17ClFNO2/c1-11-9-21(10-14-15(19)4-3-5-16(14)20)17-8-13(12(2)22)6-7-18(17)23-11/h3-8,11H,9-10H2,1-2H3. The molecule has 1 atom stereocenters. The minimum absolute atomic E-state index is 0.0182. The summed E-state index contributed by atoms with van der Waals surface area (Å²) < 4.78 is 19.9. The molecule has 0 aliphatic carbocycles. The van der Waals surface area contributed by atoms with Crippen LogP contribution in [0, 0.1) is 5.82 Å². The lowest BCUT2D eigenvalue weighted by atomic mass is 10.1. The van der Waals surface area contributed by atoms with Gasteiger partial charge in [0.1, 0.15) is 17.7 Å². The first-order chi connectivity index (χ1) is 11.0. The van der Waals surface area contributed by atoms with Crippen LogP contribution in [0.25, 0.3) is 0 Å². The Morgan fingerprint density at radius 3 is 2.87 bits per heavy atom. The zero-order chi connectivity index (χ0) is 16.6. The molecule has 3 nitrogen and oxygen atoms in total. The molecule has 0 aromatic heterocycles. The molecule has 0 radical (unpaired) electrons. The molecule has 0 fully saturated rings. The number of hydrogen-bond acceptors (Lipinski definition) is 3. The number of rotatable bonds is 3. The Morgan fingerprint density at radius 2 is 2.17 bits per heavy atom. The lowest BCUT2D eigenvalue weighted by Gasteiger charge is -2.35. The molecular weight excluding hydrogens is 317 g/mol. The van der Waals surface area contributed by atoms with Crippen LogP contribution in [-0.2, 0) is 6.54 Å². The Labute approximate surface area is 139 Å². The second kappa shape index (κ2) is 6.20. The predicted molar refractivity (Wildman–Crippen MR) is 89.0 cm³/mol. The number of anilines is 1. The molecule has 0 spiro atoms. The van der Waals surface area contributed by atoms with Gasteiger partial charge in [-0.1, -0.05) is 17.7 Å². The molecule has 23 heavy (non-hydrogen) atoms. The first kappa shape index (κ1) is 15.8. The Kier molecular flexibility index (Phi) is 4.26. The van der Waals surface area contributed by atoms with Gasteiger partial charge < -0.3 is 9.64 Å². The number of carbonyl (C=O) groups is 1. The average Bonchev–Trinajstić information content (AvgIpc) is 2.50. The minimum atomic E-state index is -0.332. The maximum absolute atomic E-state index is 14.1. The van der Waals surface area contributed by atoms with Crippen LogP contribution in [0.4, 0.5) is 10.1 Å². The first-order valence-corrected chi connectivity index (χ1v) is 7.83. The summed E-state index contributed by atoms with van der Waals surface area (Å²) in [6.07, 6.45) is -0.0313. The molecule has 1 aliphatic rings. The van der Waals surface area contributed by atoms with E-state index in [9.17, 15) is 9.18 Å². The SMILES string of the molecule is CC(=O)c1ccc2c(c1)N(Cc1c(F)cccc1Cl)CC(C)O2. The van der Waals surface area contributed by atoms with Crippen molar-refractivity contribution in [3.05, 3.63) is 58.4 Å². The largest absolute Gasteiger partial charge is 0.487 e. The average molecular weight is 334 g/mol. The lowest BCUT2D eigenvalue weighted by Crippen LogP contribution is -2.38. The van der Waals surface area contributed by atoms with E-state index in [1.807, 2.05) is 11.8 Å². The van der Waals surface area contributed by atoms with Gasteiger partial charge in [0.05, 0.1) is 12.2 Å². The quantitative estimate of drug-likeness (QED) is 0.776. The number of nitrogens with zero attached hydrogens (tertiary/aromatic N) is 1. The maximum Gasteiger partial charge on any atom is 0.159 e. The van der Waals surface area contributed by atoms with Crippen LogP contribution in [0.3, 0.4) is 0 Å². The predicted octanol–water partition coefficient (Wildman–Crippen LogP) is 4.47. The molecule has 0 N–H and O–H groups in total. The van der Waals surface area contributed by atoms with Gasteiger partial charge >= 0.3 is 0 Å². The first-order valence-electron chi connectivity index (χ1n) is 7.45. The summed E-state index contributed by atoms with van der Waals surface area (Å²) >= 11 is 6.14. The minimum Gasteiger partial charge on any atom is -0.487 e. The van der Waals surface area contributed by atoms with Gasteiger partial charge in [-0.25, -0.2) is 4.39 Å². The van der Waals surface area contributed by atoms with E-state index in [1.54, 1.807) is 30.3 Å². The van der Waals surface area contributed by atoms with Gasteiger partial charge in [0.2, 0.25) is 0 Å². The van der Waals surface area contributed by atoms with E-state index in [2.05, 4.69) is 0 Å². The topological polar surface area (TPSA) is 29.5 Å². The normalized spacial score (nSPS) is 16.7. The van der Waals surface area contributed by atoms with Crippen LogP contribution in [-0.4, -0.2) is 18.4 Å². The van der Waals surface area contributed by atoms with Crippen LogP contribution >= 0.6 is 11.6 Å². The van der Waals surface area contributed by atoms with Gasteiger partial charge in [-0.05, 0) is 44.2 Å². The Bertz CT molecular complexity index is 742. The highest BCUT2D eigenvalue weighted by Gasteiger charge is 2.25. The van der Waals surface area contributed by atoms with Gasteiger partial charge in [-0.2, -0.15) is 0 Å². The monoisotopic (exact) mass is 333 g/mol. The molecule has 2 aromatic carbocycles. The highest BCUT2D eigenvalue weighted by atomic mass is 35.5. The zero-order valence-electron chi connectivity index (χ0n) is 13.0. The van der Waals surface area contributed by atoms with Crippen molar-refractivity contribution in [2.45, 2.75) is 26.5 Å². The third kappa shape index (κ3) is 3.17. The number of halogens is 2. The Balaban J connectivity index is 2.00. The second-order valence-corrected chi connectivity index (χ2v) is 6.16. The molecule has 0 amide bonds. The summed E-state index contributed by atoms with van der Waals surface area (Å²) in [5, 5.41) is 0.397. The van der Waals surface area contributed by atoms with Crippen LogP contribution in [0.1, 0.15) is 29.8 Å². The highest BCUT2D eigenvalue weighted by molar-refractivity contribution is 6.31. The van der Waals surface area contributed by atoms with Gasteiger partial charge in [-0.15, -0.1) is 0 Å². The molecule has 0 saturated heterocycles. The molecule has 0 saturated carbocycles. The number of ketones is 1. The third-order valence-corrected chi connectivity index (χ3v) is 4.28. The maximum atomic E-state index is 14.1. The molecule has 2 aromatic rings. The number of carbonyl (C=O) groups excluding carboxylic acids is 1. The molecule has 5 heteroatoms. The van der Waals surface area contributed by atoms with Crippen molar-refractivity contribution in [2.24, 2.45) is 0 Å². The van der Waals surface area contributed by atoms with E-state index in [1.165, 1.54) is 13.0 Å². The molecule has 1 heterocycles. The summed E-state index contributed by atoms with van der Waals surface area (Å²) in [5.41, 5.74) is 1.84. The fourth-order valence-corrected chi connectivity index (χ4v) is 2.99. The fourth-order valence-electron chi connectivity index (χ4n) is 2.77. The van der Waals surface area contributed by atoms with E-state index in [0.717, 1.165) is 5.69 Å². The number of benzene rings is 2. The summed E-state index contributed by atoms with van der Waals surface area (Å²) in [5.74, 6) is 0.345. The van der Waals surface area contributed by atoms with Gasteiger partial charge in [-0.3, -0.25) is 4.79 Å². The molecule has 120 valence electrons. The van der Waals surface area contributed by atoms with E-state index >= 15 is 0 Å². The number of hydrogen-bond donors (Lipinski definition) is 0. The van der Waals surface area contributed by atoms with Gasteiger partial charge in [0.15, 0.2) is 5.78 Å². The summed E-state index contributed by atoms with van der Waals surface area (Å²) in [6, 6.07) is 9.99. The van der Waals surface area contributed by atoms with Crippen molar-refractivity contribution in [2.75, 3.05) is 11.4 Å². The van der Waals surface area contributed by atoms with Crippen molar-refractivity contribution < 1.29 is 13.9 Å². The van der Waals surface area contributed by atoms with Crippen LogP contribution < -0.4 is 9.64 Å². The summed E-state index contributed by atoms with van der Waals surface area (Å²) in [7, 11) is 0. The van der Waals surface area contributed by atoms with E-state index < -0.39 is 0 Å². The smallest absolute Gasteiger partial charge is 0.159 e. The second-order valence-electron chi connectivity index (χ2n) is 5.75. The van der Waals surface area contributed by atoms with E-state index in [-0.39, 0.29) is 17.7 Å². The van der Waals surface area contributed by atoms with Crippen molar-refractivity contribution in [1.82, 2.24) is 0 Å². The van der Waals surface area contributed by atoms with Crippen LogP contribution in [0.15, 0.2) is 36.4 Å². The molecule has 0 bridgehead atoms. The Morgan fingerprint density at radius 1 is 1.39 bits per heavy atom. The van der Waals surface area contributed by atoms with Crippen LogP contribution in [0.2, 0.25) is 5.02 Å². The molecule has 1 unspecified atom stereocenters. The number of Topliss-reactive ketones (excluding diaryl/α,β-unsaturated/α-hetero) is 1. The molecule has 3 rings (SSSR count). The van der Waals surface area contributed by atoms with E-state index in [4.69, 9.17) is 16.3 Å².